The summed E-state index contributed by atoms with van der Waals surface area (Å²) in [6, 6.07) is 14.8. The van der Waals surface area contributed by atoms with Crippen LogP contribution in [0, 0.1) is 17.7 Å². The Labute approximate surface area is 216 Å². The van der Waals surface area contributed by atoms with E-state index in [4.69, 9.17) is 4.74 Å². The van der Waals surface area contributed by atoms with Crippen LogP contribution in [0.15, 0.2) is 54.7 Å². The van der Waals surface area contributed by atoms with E-state index in [-0.39, 0.29) is 11.7 Å². The van der Waals surface area contributed by atoms with Gasteiger partial charge in [-0.2, -0.15) is 0 Å². The molecule has 4 aliphatic heterocycles. The van der Waals surface area contributed by atoms with Gasteiger partial charge in [-0.05, 0) is 61.7 Å². The number of piperidine rings is 3. The average molecular weight is 505 g/mol. The standard InChI is InChI=1S/C28H33FN6O2/c1-37-27-5-3-2-4-26(27)32-12-14-33(15-13-32)28(36)24-18-34-11-10-21(24)16-23(34)17-35-19-25(30-31-35)20-6-8-22(29)9-7-20/h2-9,19,21,23-24H,10-18H2,1H3/t21-,23-,24-/m1/s1. The van der Waals surface area contributed by atoms with Crippen molar-refractivity contribution >= 4 is 11.6 Å². The topological polar surface area (TPSA) is 66.7 Å². The summed E-state index contributed by atoms with van der Waals surface area (Å²) in [5, 5.41) is 8.61. The summed E-state index contributed by atoms with van der Waals surface area (Å²) in [5.41, 5.74) is 2.70. The Bertz CT molecular complexity index is 1240. The van der Waals surface area contributed by atoms with E-state index in [0.29, 0.717) is 17.9 Å². The van der Waals surface area contributed by atoms with Crippen LogP contribution in [0.4, 0.5) is 10.1 Å². The van der Waals surface area contributed by atoms with Crippen LogP contribution in [0.1, 0.15) is 12.8 Å². The first-order chi connectivity index (χ1) is 18.1. The maximum Gasteiger partial charge on any atom is 0.227 e. The smallest absolute Gasteiger partial charge is 0.227 e. The van der Waals surface area contributed by atoms with Crippen LogP contribution in [0.3, 0.4) is 0 Å². The molecule has 4 aliphatic rings. The number of carbonyl (C=O) groups excluding carboxylic acids is 1. The minimum absolute atomic E-state index is 0.0772. The fourth-order valence-electron chi connectivity index (χ4n) is 6.26. The number of aromatic nitrogens is 3. The van der Waals surface area contributed by atoms with E-state index in [2.05, 4.69) is 31.1 Å². The van der Waals surface area contributed by atoms with Gasteiger partial charge in [0, 0.05) is 44.3 Å². The quantitative estimate of drug-likeness (QED) is 0.514. The number of anilines is 1. The minimum atomic E-state index is -0.260. The molecule has 0 saturated carbocycles. The van der Waals surface area contributed by atoms with E-state index in [1.54, 1.807) is 19.2 Å². The third-order valence-electron chi connectivity index (χ3n) is 8.29. The summed E-state index contributed by atoms with van der Waals surface area (Å²) >= 11 is 0. The summed E-state index contributed by atoms with van der Waals surface area (Å²) < 4.78 is 20.7. The van der Waals surface area contributed by atoms with Gasteiger partial charge in [0.05, 0.1) is 31.5 Å². The van der Waals surface area contributed by atoms with Crippen LogP contribution >= 0.6 is 0 Å². The third-order valence-corrected chi connectivity index (χ3v) is 8.29. The molecule has 4 saturated heterocycles. The van der Waals surface area contributed by atoms with E-state index in [1.807, 2.05) is 29.1 Å². The first-order valence-corrected chi connectivity index (χ1v) is 13.2. The van der Waals surface area contributed by atoms with Crippen molar-refractivity contribution in [2.24, 2.45) is 11.8 Å². The molecule has 3 aromatic rings. The molecule has 7 rings (SSSR count). The number of rotatable bonds is 6. The highest BCUT2D eigenvalue weighted by molar-refractivity contribution is 5.80. The molecule has 1 unspecified atom stereocenters. The van der Waals surface area contributed by atoms with Crippen LogP contribution < -0.4 is 9.64 Å². The predicted octanol–water partition coefficient (Wildman–Crippen LogP) is 3.15. The van der Waals surface area contributed by atoms with Gasteiger partial charge in [0.2, 0.25) is 5.91 Å². The highest BCUT2D eigenvalue weighted by atomic mass is 19.1. The van der Waals surface area contributed by atoms with Gasteiger partial charge >= 0.3 is 0 Å². The van der Waals surface area contributed by atoms with Gasteiger partial charge < -0.3 is 14.5 Å². The molecular formula is C28H33FN6O2. The monoisotopic (exact) mass is 504 g/mol. The van der Waals surface area contributed by atoms with E-state index in [0.717, 1.165) is 81.3 Å². The molecule has 5 heterocycles. The van der Waals surface area contributed by atoms with Crippen LogP contribution in [0.25, 0.3) is 11.3 Å². The van der Waals surface area contributed by atoms with Crippen LogP contribution in [-0.2, 0) is 11.3 Å². The lowest BCUT2D eigenvalue weighted by atomic mass is 9.75. The summed E-state index contributed by atoms with van der Waals surface area (Å²) in [7, 11) is 1.70. The zero-order chi connectivity index (χ0) is 25.4. The molecule has 4 fully saturated rings. The minimum Gasteiger partial charge on any atom is -0.495 e. The number of fused-ring (bicyclic) bond motifs is 3. The van der Waals surface area contributed by atoms with Crippen molar-refractivity contribution in [2.75, 3.05) is 51.3 Å². The van der Waals surface area contributed by atoms with E-state index in [1.165, 1.54) is 12.1 Å². The zero-order valence-corrected chi connectivity index (χ0v) is 21.2. The fourth-order valence-corrected chi connectivity index (χ4v) is 6.26. The first-order valence-electron chi connectivity index (χ1n) is 13.2. The molecule has 0 radical (unpaired) electrons. The maximum atomic E-state index is 13.6. The number of amides is 1. The molecule has 2 aromatic carbocycles. The van der Waals surface area contributed by atoms with Gasteiger partial charge in [0.1, 0.15) is 17.3 Å². The molecule has 4 atom stereocenters. The molecule has 9 heteroatoms. The molecular weight excluding hydrogens is 471 g/mol. The molecule has 1 aromatic heterocycles. The number of methoxy groups -OCH3 is 1. The molecule has 0 spiro atoms. The van der Waals surface area contributed by atoms with Crippen molar-refractivity contribution in [1.29, 1.82) is 0 Å². The molecule has 2 bridgehead atoms. The number of carbonyl (C=O) groups is 1. The third kappa shape index (κ3) is 4.80. The van der Waals surface area contributed by atoms with Crippen LogP contribution in [0.2, 0.25) is 0 Å². The van der Waals surface area contributed by atoms with Gasteiger partial charge in [-0.15, -0.1) is 5.10 Å². The van der Waals surface area contributed by atoms with Gasteiger partial charge in [-0.3, -0.25) is 14.4 Å². The van der Waals surface area contributed by atoms with Crippen LogP contribution in [0.5, 0.6) is 5.75 Å². The van der Waals surface area contributed by atoms with Crippen molar-refractivity contribution in [3.63, 3.8) is 0 Å². The molecule has 194 valence electrons. The summed E-state index contributed by atoms with van der Waals surface area (Å²) in [4.78, 5) is 20.4. The normalized spacial score (nSPS) is 25.4. The largest absolute Gasteiger partial charge is 0.495 e. The number of hydrogen-bond donors (Lipinski definition) is 0. The van der Waals surface area contributed by atoms with Crippen molar-refractivity contribution in [2.45, 2.75) is 25.4 Å². The van der Waals surface area contributed by atoms with Gasteiger partial charge in [0.25, 0.3) is 0 Å². The second kappa shape index (κ2) is 10.1. The van der Waals surface area contributed by atoms with E-state index >= 15 is 0 Å². The van der Waals surface area contributed by atoms with Crippen molar-refractivity contribution in [3.8, 4) is 17.0 Å². The zero-order valence-electron chi connectivity index (χ0n) is 21.2. The lowest BCUT2D eigenvalue weighted by Gasteiger charge is -2.50. The number of para-hydroxylation sites is 2. The summed E-state index contributed by atoms with van der Waals surface area (Å²) in [6.45, 7) is 5.73. The second-order valence-electron chi connectivity index (χ2n) is 10.4. The summed E-state index contributed by atoms with van der Waals surface area (Å²) in [5.74, 6) is 1.42. The van der Waals surface area contributed by atoms with Crippen LogP contribution in [-0.4, -0.2) is 83.1 Å². The number of halogens is 1. The molecule has 1 amide bonds. The highest BCUT2D eigenvalue weighted by Gasteiger charge is 2.44. The van der Waals surface area contributed by atoms with E-state index < -0.39 is 0 Å². The van der Waals surface area contributed by atoms with Gasteiger partial charge in [-0.25, -0.2) is 4.39 Å². The Balaban J connectivity index is 1.05. The van der Waals surface area contributed by atoms with Crippen molar-refractivity contribution in [1.82, 2.24) is 24.8 Å². The Morgan fingerprint density at radius 2 is 1.84 bits per heavy atom. The molecule has 8 nitrogen and oxygen atoms in total. The number of benzene rings is 2. The Hall–Kier alpha value is -3.46. The Morgan fingerprint density at radius 1 is 1.05 bits per heavy atom. The fraction of sp³-hybridized carbons (Fsp3) is 0.464. The number of nitrogens with zero attached hydrogens (tertiary/aromatic N) is 6. The Morgan fingerprint density at radius 3 is 2.57 bits per heavy atom. The van der Waals surface area contributed by atoms with Gasteiger partial charge in [-0.1, -0.05) is 17.3 Å². The molecule has 37 heavy (non-hydrogen) atoms. The first kappa shape index (κ1) is 23.9. The van der Waals surface area contributed by atoms with Crippen molar-refractivity contribution in [3.05, 3.63) is 60.5 Å². The van der Waals surface area contributed by atoms with Crippen molar-refractivity contribution < 1.29 is 13.9 Å². The number of piperazine rings is 1. The number of hydrogen-bond acceptors (Lipinski definition) is 6. The SMILES string of the molecule is COc1ccccc1N1CCN(C(=O)[C@@H]2CN3CC[C@@H]2C[C@@H]3Cn2cc(-c3ccc(F)cc3)nn2)CC1. The summed E-state index contributed by atoms with van der Waals surface area (Å²) in [6.07, 6.45) is 4.01. The molecule has 0 N–H and O–H groups in total. The second-order valence-corrected chi connectivity index (χ2v) is 10.4. The lowest BCUT2D eigenvalue weighted by Crippen LogP contribution is -2.60. The highest BCUT2D eigenvalue weighted by Crippen LogP contribution is 2.38. The van der Waals surface area contributed by atoms with E-state index in [9.17, 15) is 9.18 Å². The maximum absolute atomic E-state index is 13.6. The number of ether oxygens (including phenoxy) is 1. The lowest BCUT2D eigenvalue weighted by molar-refractivity contribution is -0.144. The van der Waals surface area contributed by atoms with Gasteiger partial charge in [0.15, 0.2) is 0 Å². The predicted molar refractivity (Wildman–Crippen MR) is 139 cm³/mol. The average Bonchev–Trinajstić information content (AvgIpc) is 3.42. The molecule has 0 aliphatic carbocycles. The Kier molecular flexibility index (Phi) is 6.54.